The van der Waals surface area contributed by atoms with E-state index in [9.17, 15) is 18.0 Å². The van der Waals surface area contributed by atoms with Crippen LogP contribution in [0, 0.1) is 6.92 Å². The highest BCUT2D eigenvalue weighted by atomic mass is 19.4. The molecule has 30 heavy (non-hydrogen) atoms. The number of rotatable bonds is 4. The standard InChI is InChI=1S/C22H22F3N3O2/c1-14-11-16(21(29)26-17-7-9-30-10-8-17)13-19-27-20(22(23,24)25)18(28(14)19)12-15-5-3-2-4-6-15/h2-6,11,13,17H,7-10,12H2,1H3,(H,26,29). The number of halogens is 3. The first-order chi connectivity index (χ1) is 14.3. The number of aryl methyl sites for hydroxylation is 1. The van der Waals surface area contributed by atoms with Gasteiger partial charge in [-0.15, -0.1) is 0 Å². The Balaban J connectivity index is 1.73. The predicted octanol–water partition coefficient (Wildman–Crippen LogP) is 4.16. The number of pyridine rings is 1. The van der Waals surface area contributed by atoms with Gasteiger partial charge in [0, 0.05) is 36.9 Å². The highest BCUT2D eigenvalue weighted by Crippen LogP contribution is 2.34. The molecule has 1 saturated heterocycles. The number of aromatic nitrogens is 2. The van der Waals surface area contributed by atoms with Gasteiger partial charge in [0.25, 0.3) is 5.91 Å². The minimum atomic E-state index is -4.59. The van der Waals surface area contributed by atoms with Gasteiger partial charge in [0.15, 0.2) is 5.69 Å². The summed E-state index contributed by atoms with van der Waals surface area (Å²) in [7, 11) is 0. The van der Waals surface area contributed by atoms with Gasteiger partial charge >= 0.3 is 6.18 Å². The van der Waals surface area contributed by atoms with Crippen molar-refractivity contribution in [3.63, 3.8) is 0 Å². The van der Waals surface area contributed by atoms with E-state index in [0.29, 0.717) is 24.5 Å². The van der Waals surface area contributed by atoms with Gasteiger partial charge in [-0.1, -0.05) is 30.3 Å². The number of carbonyl (C=O) groups excluding carboxylic acids is 1. The Morgan fingerprint density at radius 3 is 2.57 bits per heavy atom. The molecule has 1 N–H and O–H groups in total. The monoisotopic (exact) mass is 417 g/mol. The van der Waals surface area contributed by atoms with E-state index in [1.54, 1.807) is 37.3 Å². The third-order valence-electron chi connectivity index (χ3n) is 5.30. The lowest BCUT2D eigenvalue weighted by Crippen LogP contribution is -2.38. The van der Waals surface area contributed by atoms with E-state index < -0.39 is 11.9 Å². The average molecular weight is 417 g/mol. The van der Waals surface area contributed by atoms with E-state index in [1.807, 2.05) is 6.07 Å². The Bertz CT molecular complexity index is 1050. The fourth-order valence-corrected chi connectivity index (χ4v) is 3.85. The summed E-state index contributed by atoms with van der Waals surface area (Å²) in [6.45, 7) is 2.86. The van der Waals surface area contributed by atoms with E-state index in [4.69, 9.17) is 4.74 Å². The van der Waals surface area contributed by atoms with Crippen molar-refractivity contribution in [2.24, 2.45) is 0 Å². The number of carbonyl (C=O) groups is 1. The quantitative estimate of drug-likeness (QED) is 0.694. The maximum Gasteiger partial charge on any atom is 0.435 e. The Morgan fingerprint density at radius 1 is 1.20 bits per heavy atom. The molecular weight excluding hydrogens is 395 g/mol. The second-order valence-corrected chi connectivity index (χ2v) is 7.51. The molecule has 3 heterocycles. The van der Waals surface area contributed by atoms with Crippen LogP contribution in [0.15, 0.2) is 42.5 Å². The predicted molar refractivity (Wildman–Crippen MR) is 105 cm³/mol. The molecular formula is C22H22F3N3O2. The van der Waals surface area contributed by atoms with E-state index in [2.05, 4.69) is 10.3 Å². The van der Waals surface area contributed by atoms with Crippen molar-refractivity contribution >= 4 is 11.6 Å². The van der Waals surface area contributed by atoms with Crippen LogP contribution in [-0.2, 0) is 17.3 Å². The van der Waals surface area contributed by atoms with Crippen LogP contribution in [0.5, 0.6) is 0 Å². The van der Waals surface area contributed by atoms with Crippen LogP contribution in [-0.4, -0.2) is 34.5 Å². The largest absolute Gasteiger partial charge is 0.435 e. The van der Waals surface area contributed by atoms with Gasteiger partial charge < -0.3 is 14.5 Å². The van der Waals surface area contributed by atoms with Gasteiger partial charge in [0.05, 0.1) is 5.69 Å². The molecule has 0 radical (unpaired) electrons. The summed E-state index contributed by atoms with van der Waals surface area (Å²) >= 11 is 0. The third kappa shape index (κ3) is 4.18. The zero-order valence-electron chi connectivity index (χ0n) is 16.5. The van der Waals surface area contributed by atoms with Gasteiger partial charge in [-0.2, -0.15) is 13.2 Å². The highest BCUT2D eigenvalue weighted by Gasteiger charge is 2.38. The van der Waals surface area contributed by atoms with Crippen LogP contribution >= 0.6 is 0 Å². The second-order valence-electron chi connectivity index (χ2n) is 7.51. The van der Waals surface area contributed by atoms with Gasteiger partial charge in [-0.25, -0.2) is 4.98 Å². The number of alkyl halides is 3. The smallest absolute Gasteiger partial charge is 0.381 e. The molecule has 3 aromatic rings. The molecule has 158 valence electrons. The lowest BCUT2D eigenvalue weighted by atomic mass is 10.1. The van der Waals surface area contributed by atoms with Gasteiger partial charge in [0.1, 0.15) is 5.65 Å². The van der Waals surface area contributed by atoms with Gasteiger partial charge in [-0.3, -0.25) is 4.79 Å². The number of benzene rings is 1. The lowest BCUT2D eigenvalue weighted by molar-refractivity contribution is -0.141. The molecule has 1 amide bonds. The molecule has 2 aromatic heterocycles. The van der Waals surface area contributed by atoms with Crippen molar-refractivity contribution in [1.29, 1.82) is 0 Å². The topological polar surface area (TPSA) is 55.6 Å². The van der Waals surface area contributed by atoms with Crippen molar-refractivity contribution in [2.75, 3.05) is 13.2 Å². The fraction of sp³-hybridized carbons (Fsp3) is 0.364. The Labute approximate surface area is 171 Å². The normalized spacial score (nSPS) is 15.5. The number of fused-ring (bicyclic) bond motifs is 1. The second kappa shape index (κ2) is 8.10. The average Bonchev–Trinajstić information content (AvgIpc) is 3.09. The maximum absolute atomic E-state index is 13.7. The molecule has 1 aliphatic heterocycles. The number of amides is 1. The molecule has 0 atom stereocenters. The van der Waals surface area contributed by atoms with Crippen molar-refractivity contribution in [1.82, 2.24) is 14.7 Å². The molecule has 8 heteroatoms. The first-order valence-electron chi connectivity index (χ1n) is 9.84. The van der Waals surface area contributed by atoms with Crippen LogP contribution in [0.25, 0.3) is 5.65 Å². The summed E-state index contributed by atoms with van der Waals surface area (Å²) in [5.74, 6) is -0.311. The summed E-state index contributed by atoms with van der Waals surface area (Å²) in [6.07, 6.45) is -3.07. The first kappa shape index (κ1) is 20.4. The Kier molecular flexibility index (Phi) is 5.51. The molecule has 0 aliphatic carbocycles. The molecule has 1 aliphatic rings. The van der Waals surface area contributed by atoms with Crippen LogP contribution in [0.2, 0.25) is 0 Å². The molecule has 0 unspecified atom stereocenters. The zero-order chi connectivity index (χ0) is 21.3. The Hall–Kier alpha value is -2.87. The van der Waals surface area contributed by atoms with Crippen LogP contribution in [0.1, 0.15) is 45.8 Å². The van der Waals surface area contributed by atoms with Crippen molar-refractivity contribution in [3.8, 4) is 0 Å². The summed E-state index contributed by atoms with van der Waals surface area (Å²) < 4.78 is 47.9. The van der Waals surface area contributed by atoms with Gasteiger partial charge in [-0.05, 0) is 37.5 Å². The van der Waals surface area contributed by atoms with Crippen molar-refractivity contribution in [2.45, 2.75) is 38.4 Å². The van der Waals surface area contributed by atoms with Crippen LogP contribution in [0.4, 0.5) is 13.2 Å². The SMILES string of the molecule is Cc1cc(C(=O)NC2CCOCC2)cc2nc(C(F)(F)F)c(Cc3ccccc3)n12. The Morgan fingerprint density at radius 2 is 1.90 bits per heavy atom. The number of ether oxygens (including phenoxy) is 1. The summed E-state index contributed by atoms with van der Waals surface area (Å²) in [5, 5.41) is 2.94. The minimum absolute atomic E-state index is 0.00176. The molecule has 0 spiro atoms. The van der Waals surface area contributed by atoms with E-state index in [-0.39, 0.29) is 29.7 Å². The summed E-state index contributed by atoms with van der Waals surface area (Å²) in [6, 6.07) is 12.0. The fourth-order valence-electron chi connectivity index (χ4n) is 3.85. The molecule has 0 saturated carbocycles. The van der Waals surface area contributed by atoms with E-state index in [1.165, 1.54) is 10.5 Å². The molecule has 5 nitrogen and oxygen atoms in total. The number of nitrogens with zero attached hydrogens (tertiary/aromatic N) is 2. The van der Waals surface area contributed by atoms with Crippen molar-refractivity contribution in [3.05, 3.63) is 70.7 Å². The number of imidazole rings is 1. The number of hydrogen-bond acceptors (Lipinski definition) is 3. The highest BCUT2D eigenvalue weighted by molar-refractivity contribution is 5.95. The zero-order valence-corrected chi connectivity index (χ0v) is 16.5. The molecule has 1 aromatic carbocycles. The van der Waals surface area contributed by atoms with E-state index >= 15 is 0 Å². The van der Waals surface area contributed by atoms with Gasteiger partial charge in [0.2, 0.25) is 0 Å². The van der Waals surface area contributed by atoms with Crippen LogP contribution in [0.3, 0.4) is 0 Å². The number of nitrogens with one attached hydrogen (secondary N) is 1. The molecule has 0 bridgehead atoms. The third-order valence-corrected chi connectivity index (χ3v) is 5.30. The summed E-state index contributed by atoms with van der Waals surface area (Å²) in [5.41, 5.74) is 0.847. The van der Waals surface area contributed by atoms with E-state index in [0.717, 1.165) is 18.4 Å². The number of hydrogen-bond donors (Lipinski definition) is 1. The molecule has 1 fully saturated rings. The lowest BCUT2D eigenvalue weighted by Gasteiger charge is -2.23. The minimum Gasteiger partial charge on any atom is -0.381 e. The maximum atomic E-state index is 13.7. The van der Waals surface area contributed by atoms with Crippen LogP contribution < -0.4 is 5.32 Å². The molecule has 4 rings (SSSR count). The van der Waals surface area contributed by atoms with Crippen molar-refractivity contribution < 1.29 is 22.7 Å². The first-order valence-corrected chi connectivity index (χ1v) is 9.84. The summed E-state index contributed by atoms with van der Waals surface area (Å²) in [4.78, 5) is 16.5.